The number of nitrogens with one attached hydrogen (secondary N) is 2. The van der Waals surface area contributed by atoms with Crippen molar-refractivity contribution in [3.63, 3.8) is 0 Å². The van der Waals surface area contributed by atoms with E-state index in [2.05, 4.69) is 9.71 Å². The molecule has 1 aromatic carbocycles. The molecule has 0 spiro atoms. The Morgan fingerprint density at radius 1 is 1.24 bits per heavy atom. The zero-order valence-corrected chi connectivity index (χ0v) is 12.0. The molecule has 0 radical (unpaired) electrons. The third-order valence-corrected chi connectivity index (χ3v) is 4.41. The molecule has 0 aliphatic rings. The van der Waals surface area contributed by atoms with Crippen molar-refractivity contribution in [1.82, 2.24) is 9.71 Å². The molecule has 0 amide bonds. The highest BCUT2D eigenvalue weighted by atomic mass is 35.5. The lowest BCUT2D eigenvalue weighted by Gasteiger charge is -2.11. The standard InChI is InChI=1S/C12H10ClF3N2O2S/c13-11-2-1-9(5-10(11)12(14,15)16)21(19,20)18-7-8-3-4-17-6-8/h1-6,17-18H,7H2. The van der Waals surface area contributed by atoms with Crippen LogP contribution in [0.15, 0.2) is 41.6 Å². The van der Waals surface area contributed by atoms with E-state index in [4.69, 9.17) is 11.6 Å². The number of H-pyrrole nitrogens is 1. The molecule has 2 N–H and O–H groups in total. The van der Waals surface area contributed by atoms with E-state index >= 15 is 0 Å². The Morgan fingerprint density at radius 2 is 1.95 bits per heavy atom. The first-order valence-electron chi connectivity index (χ1n) is 5.68. The summed E-state index contributed by atoms with van der Waals surface area (Å²) in [5, 5.41) is -0.549. The number of hydrogen-bond donors (Lipinski definition) is 2. The van der Waals surface area contributed by atoms with E-state index in [1.807, 2.05) is 0 Å². The van der Waals surface area contributed by atoms with Crippen LogP contribution in [0.3, 0.4) is 0 Å². The molecule has 0 unspecified atom stereocenters. The van der Waals surface area contributed by atoms with E-state index in [-0.39, 0.29) is 6.54 Å². The van der Waals surface area contributed by atoms with E-state index in [0.29, 0.717) is 11.6 Å². The van der Waals surface area contributed by atoms with Gasteiger partial charge in [0.05, 0.1) is 15.5 Å². The molecule has 21 heavy (non-hydrogen) atoms. The van der Waals surface area contributed by atoms with Gasteiger partial charge in [-0.05, 0) is 29.8 Å². The summed E-state index contributed by atoms with van der Waals surface area (Å²) in [5.74, 6) is 0. The summed E-state index contributed by atoms with van der Waals surface area (Å²) in [6.07, 6.45) is -1.54. The fraction of sp³-hybridized carbons (Fsp3) is 0.167. The zero-order chi connectivity index (χ0) is 15.7. The Kier molecular flexibility index (Phi) is 4.31. The molecule has 114 valence electrons. The minimum Gasteiger partial charge on any atom is -0.367 e. The van der Waals surface area contributed by atoms with Crippen LogP contribution in [0.25, 0.3) is 0 Å². The molecule has 0 aliphatic heterocycles. The minimum absolute atomic E-state index is 0.0319. The molecule has 1 heterocycles. The van der Waals surface area contributed by atoms with Crippen LogP contribution < -0.4 is 4.72 Å². The van der Waals surface area contributed by atoms with Gasteiger partial charge in [0.2, 0.25) is 10.0 Å². The predicted octanol–water partition coefficient (Wildman–Crippen LogP) is 3.17. The second-order valence-electron chi connectivity index (χ2n) is 4.18. The molecular formula is C12H10ClF3N2O2S. The number of rotatable bonds is 4. The topological polar surface area (TPSA) is 62.0 Å². The van der Waals surface area contributed by atoms with Gasteiger partial charge >= 0.3 is 6.18 Å². The average Bonchev–Trinajstić information content (AvgIpc) is 2.88. The molecule has 0 atom stereocenters. The minimum atomic E-state index is -4.72. The van der Waals surface area contributed by atoms with Crippen molar-refractivity contribution in [3.05, 3.63) is 52.8 Å². The molecule has 2 rings (SSSR count). The number of aromatic amines is 1. The van der Waals surface area contributed by atoms with Crippen LogP contribution in [-0.2, 0) is 22.7 Å². The Balaban J connectivity index is 2.28. The highest BCUT2D eigenvalue weighted by molar-refractivity contribution is 7.89. The fourth-order valence-electron chi connectivity index (χ4n) is 1.62. The quantitative estimate of drug-likeness (QED) is 0.899. The summed E-state index contributed by atoms with van der Waals surface area (Å²) in [6, 6.07) is 4.10. The Bertz CT molecular complexity index is 727. The molecule has 4 nitrogen and oxygen atoms in total. The number of benzene rings is 1. The summed E-state index contributed by atoms with van der Waals surface area (Å²) < 4.78 is 64.4. The summed E-state index contributed by atoms with van der Waals surface area (Å²) in [7, 11) is -4.06. The molecular weight excluding hydrogens is 329 g/mol. The zero-order valence-electron chi connectivity index (χ0n) is 10.4. The third kappa shape index (κ3) is 3.78. The smallest absolute Gasteiger partial charge is 0.367 e. The summed E-state index contributed by atoms with van der Waals surface area (Å²) in [6.45, 7) is -0.0319. The monoisotopic (exact) mass is 338 g/mol. The van der Waals surface area contributed by atoms with Crippen LogP contribution in [0, 0.1) is 0 Å². The predicted molar refractivity (Wildman–Crippen MR) is 71.3 cm³/mol. The van der Waals surface area contributed by atoms with Crippen LogP contribution in [0.2, 0.25) is 5.02 Å². The molecule has 0 saturated heterocycles. The first kappa shape index (κ1) is 15.9. The second-order valence-corrected chi connectivity index (χ2v) is 6.36. The number of alkyl halides is 3. The van der Waals surface area contributed by atoms with E-state index in [0.717, 1.165) is 12.1 Å². The van der Waals surface area contributed by atoms with Crippen LogP contribution in [-0.4, -0.2) is 13.4 Å². The lowest BCUT2D eigenvalue weighted by atomic mass is 10.2. The first-order valence-corrected chi connectivity index (χ1v) is 7.54. The summed E-state index contributed by atoms with van der Waals surface area (Å²) in [5.41, 5.74) is -0.530. The van der Waals surface area contributed by atoms with Gasteiger partial charge in [0.1, 0.15) is 0 Å². The van der Waals surface area contributed by atoms with Crippen LogP contribution in [0.5, 0.6) is 0 Å². The normalized spacial score (nSPS) is 12.6. The SMILES string of the molecule is O=S(=O)(NCc1cc[nH]c1)c1ccc(Cl)c(C(F)(F)F)c1. The van der Waals surface area contributed by atoms with Crippen molar-refractivity contribution in [2.45, 2.75) is 17.6 Å². The lowest BCUT2D eigenvalue weighted by Crippen LogP contribution is -2.23. The van der Waals surface area contributed by atoms with Crippen molar-refractivity contribution in [3.8, 4) is 0 Å². The molecule has 0 fully saturated rings. The van der Waals surface area contributed by atoms with Crippen molar-refractivity contribution >= 4 is 21.6 Å². The van der Waals surface area contributed by atoms with E-state index in [1.54, 1.807) is 18.5 Å². The van der Waals surface area contributed by atoms with Crippen LogP contribution in [0.4, 0.5) is 13.2 Å². The highest BCUT2D eigenvalue weighted by Gasteiger charge is 2.34. The maximum atomic E-state index is 12.7. The fourth-order valence-corrected chi connectivity index (χ4v) is 2.89. The van der Waals surface area contributed by atoms with Crippen LogP contribution >= 0.6 is 11.6 Å². The number of halogens is 4. The van der Waals surface area contributed by atoms with Gasteiger partial charge in [0, 0.05) is 18.9 Å². The molecule has 0 saturated carbocycles. The molecule has 1 aromatic heterocycles. The van der Waals surface area contributed by atoms with Gasteiger partial charge in [0.15, 0.2) is 0 Å². The number of hydrogen-bond acceptors (Lipinski definition) is 2. The van der Waals surface area contributed by atoms with E-state index in [1.165, 1.54) is 0 Å². The van der Waals surface area contributed by atoms with Gasteiger partial charge in [-0.1, -0.05) is 11.6 Å². The van der Waals surface area contributed by atoms with Crippen LogP contribution in [0.1, 0.15) is 11.1 Å². The Labute approximate surface area is 124 Å². The molecule has 0 aliphatic carbocycles. The molecule has 9 heteroatoms. The van der Waals surface area contributed by atoms with Gasteiger partial charge in [-0.15, -0.1) is 0 Å². The average molecular weight is 339 g/mol. The van der Waals surface area contributed by atoms with Crippen molar-refractivity contribution in [2.24, 2.45) is 0 Å². The maximum Gasteiger partial charge on any atom is 0.417 e. The second kappa shape index (κ2) is 5.70. The Morgan fingerprint density at radius 3 is 2.52 bits per heavy atom. The molecule has 2 aromatic rings. The summed E-state index contributed by atoms with van der Waals surface area (Å²) >= 11 is 5.45. The van der Waals surface area contributed by atoms with Crippen molar-refractivity contribution in [2.75, 3.05) is 0 Å². The van der Waals surface area contributed by atoms with Gasteiger partial charge in [0.25, 0.3) is 0 Å². The van der Waals surface area contributed by atoms with Gasteiger partial charge in [-0.3, -0.25) is 0 Å². The number of aromatic nitrogens is 1. The first-order chi connectivity index (χ1) is 9.70. The van der Waals surface area contributed by atoms with Gasteiger partial charge < -0.3 is 4.98 Å². The number of sulfonamides is 1. The third-order valence-electron chi connectivity index (χ3n) is 2.68. The van der Waals surface area contributed by atoms with Gasteiger partial charge in [-0.25, -0.2) is 13.1 Å². The van der Waals surface area contributed by atoms with Crippen molar-refractivity contribution < 1.29 is 21.6 Å². The van der Waals surface area contributed by atoms with E-state index < -0.39 is 31.7 Å². The van der Waals surface area contributed by atoms with Crippen molar-refractivity contribution in [1.29, 1.82) is 0 Å². The van der Waals surface area contributed by atoms with E-state index in [9.17, 15) is 21.6 Å². The largest absolute Gasteiger partial charge is 0.417 e. The lowest BCUT2D eigenvalue weighted by molar-refractivity contribution is -0.137. The van der Waals surface area contributed by atoms with Gasteiger partial charge in [-0.2, -0.15) is 13.2 Å². The summed E-state index contributed by atoms with van der Waals surface area (Å²) in [4.78, 5) is 2.25. The maximum absolute atomic E-state index is 12.7. The Hall–Kier alpha value is -1.51. The highest BCUT2D eigenvalue weighted by Crippen LogP contribution is 2.35. The molecule has 0 bridgehead atoms.